The van der Waals surface area contributed by atoms with Gasteiger partial charge in [-0.25, -0.2) is 4.98 Å². The van der Waals surface area contributed by atoms with E-state index in [4.69, 9.17) is 21.4 Å². The Kier molecular flexibility index (Phi) is 5.53. The van der Waals surface area contributed by atoms with Crippen molar-refractivity contribution in [1.29, 1.82) is 0 Å². The number of nitrogens with zero attached hydrogens (tertiary/aromatic N) is 2. The van der Waals surface area contributed by atoms with Crippen LogP contribution in [0.1, 0.15) is 30.3 Å². The van der Waals surface area contributed by atoms with Gasteiger partial charge in [0.25, 0.3) is 0 Å². The maximum atomic E-state index is 8.91. The van der Waals surface area contributed by atoms with Gasteiger partial charge in [0.05, 0.1) is 0 Å². The maximum Gasteiger partial charge on any atom is 0.226 e. The summed E-state index contributed by atoms with van der Waals surface area (Å²) < 4.78 is 5.81. The normalized spacial score (nSPS) is 10.7. The largest absolute Gasteiger partial charge is 0.439 e. The smallest absolute Gasteiger partial charge is 0.226 e. The Bertz CT molecular complexity index is 600. The summed E-state index contributed by atoms with van der Waals surface area (Å²) in [6.07, 6.45) is 2.36. The van der Waals surface area contributed by atoms with E-state index in [1.165, 1.54) is 0 Å². The third-order valence-corrected chi connectivity index (χ3v) is 3.47. The molecule has 112 valence electrons. The molecular formula is C16H19ClN2O2. The predicted octanol–water partition coefficient (Wildman–Crippen LogP) is 3.72. The maximum absolute atomic E-state index is 8.91. The molecular weight excluding hydrogens is 288 g/mol. The molecule has 0 fully saturated rings. The van der Waals surface area contributed by atoms with Gasteiger partial charge in [-0.05, 0) is 37.5 Å². The third kappa shape index (κ3) is 4.16. The highest BCUT2D eigenvalue weighted by molar-refractivity contribution is 6.30. The van der Waals surface area contributed by atoms with Crippen LogP contribution in [-0.2, 0) is 12.8 Å². The number of halogens is 1. The first-order valence-electron chi connectivity index (χ1n) is 7.04. The Balaban J connectivity index is 2.21. The van der Waals surface area contributed by atoms with E-state index in [-0.39, 0.29) is 6.61 Å². The molecule has 5 heteroatoms. The lowest BCUT2D eigenvalue weighted by atomic mass is 10.1. The minimum Gasteiger partial charge on any atom is -0.439 e. The quantitative estimate of drug-likeness (QED) is 0.826. The van der Waals surface area contributed by atoms with Crippen LogP contribution in [-0.4, -0.2) is 21.7 Å². The lowest BCUT2D eigenvalue weighted by Crippen LogP contribution is -2.01. The van der Waals surface area contributed by atoms with Gasteiger partial charge < -0.3 is 9.84 Å². The van der Waals surface area contributed by atoms with Crippen LogP contribution in [0.3, 0.4) is 0 Å². The fraction of sp³-hybridized carbons (Fsp3) is 0.375. The van der Waals surface area contributed by atoms with Crippen LogP contribution >= 0.6 is 11.6 Å². The number of benzene rings is 1. The lowest BCUT2D eigenvalue weighted by molar-refractivity contribution is 0.299. The Morgan fingerprint density at radius 2 is 1.86 bits per heavy atom. The number of aromatic nitrogens is 2. The van der Waals surface area contributed by atoms with Crippen LogP contribution in [0.4, 0.5) is 0 Å². The van der Waals surface area contributed by atoms with Gasteiger partial charge in [-0.3, -0.25) is 0 Å². The zero-order valence-electron chi connectivity index (χ0n) is 12.3. The fourth-order valence-electron chi connectivity index (χ4n) is 1.91. The number of hydrogen-bond donors (Lipinski definition) is 1. The number of hydrogen-bond acceptors (Lipinski definition) is 4. The van der Waals surface area contributed by atoms with E-state index >= 15 is 0 Å². The van der Waals surface area contributed by atoms with Crippen molar-refractivity contribution < 1.29 is 9.84 Å². The average Bonchev–Trinajstić information content (AvgIpc) is 2.47. The van der Waals surface area contributed by atoms with E-state index in [0.717, 1.165) is 24.0 Å². The van der Waals surface area contributed by atoms with Gasteiger partial charge in [0.1, 0.15) is 16.7 Å². The standard InChI is InChI=1S/C16H19ClN2O2/c1-3-4-14-18-15(17)11(2)16(19-14)21-13-7-5-12(6-8-13)9-10-20/h5-8,20H,3-4,9-10H2,1-2H3. The number of ether oxygens (including phenoxy) is 1. The molecule has 2 aromatic rings. The molecule has 4 nitrogen and oxygen atoms in total. The van der Waals surface area contributed by atoms with Crippen LogP contribution in [0, 0.1) is 6.92 Å². The summed E-state index contributed by atoms with van der Waals surface area (Å²) in [6, 6.07) is 7.58. The van der Waals surface area contributed by atoms with Crippen LogP contribution < -0.4 is 4.74 Å². The Labute approximate surface area is 129 Å². The zero-order chi connectivity index (χ0) is 15.2. The van der Waals surface area contributed by atoms with Gasteiger partial charge in [0.2, 0.25) is 5.88 Å². The van der Waals surface area contributed by atoms with Crippen molar-refractivity contribution in [1.82, 2.24) is 9.97 Å². The van der Waals surface area contributed by atoms with Crippen molar-refractivity contribution in [2.75, 3.05) is 6.61 Å². The molecule has 1 aromatic carbocycles. The van der Waals surface area contributed by atoms with Crippen molar-refractivity contribution >= 4 is 11.6 Å². The molecule has 1 aromatic heterocycles. The Hall–Kier alpha value is -1.65. The molecule has 0 bridgehead atoms. The van der Waals surface area contributed by atoms with Gasteiger partial charge in [-0.15, -0.1) is 0 Å². The topological polar surface area (TPSA) is 55.2 Å². The molecule has 1 heterocycles. The molecule has 0 spiro atoms. The Morgan fingerprint density at radius 3 is 2.48 bits per heavy atom. The first-order chi connectivity index (χ1) is 10.1. The lowest BCUT2D eigenvalue weighted by Gasteiger charge is -2.10. The molecule has 0 aliphatic carbocycles. The number of aliphatic hydroxyl groups excluding tert-OH is 1. The van der Waals surface area contributed by atoms with Crippen molar-refractivity contribution in [2.45, 2.75) is 33.1 Å². The molecule has 0 saturated carbocycles. The van der Waals surface area contributed by atoms with E-state index in [1.807, 2.05) is 31.2 Å². The van der Waals surface area contributed by atoms with Gasteiger partial charge in [0.15, 0.2) is 0 Å². The summed E-state index contributed by atoms with van der Waals surface area (Å²) in [7, 11) is 0. The number of rotatable bonds is 6. The summed E-state index contributed by atoms with van der Waals surface area (Å²) in [5, 5.41) is 9.34. The summed E-state index contributed by atoms with van der Waals surface area (Å²) in [5.74, 6) is 1.88. The van der Waals surface area contributed by atoms with Gasteiger partial charge in [-0.2, -0.15) is 4.98 Å². The Morgan fingerprint density at radius 1 is 1.14 bits per heavy atom. The molecule has 0 aliphatic heterocycles. The second-order valence-corrected chi connectivity index (χ2v) is 5.19. The van der Waals surface area contributed by atoms with E-state index in [1.54, 1.807) is 0 Å². The van der Waals surface area contributed by atoms with Crippen molar-refractivity contribution in [2.24, 2.45) is 0 Å². The first-order valence-corrected chi connectivity index (χ1v) is 7.42. The summed E-state index contributed by atoms with van der Waals surface area (Å²) in [6.45, 7) is 4.05. The molecule has 1 N–H and O–H groups in total. The minimum atomic E-state index is 0.140. The molecule has 0 radical (unpaired) electrons. The molecule has 21 heavy (non-hydrogen) atoms. The average molecular weight is 307 g/mol. The van der Waals surface area contributed by atoms with Crippen molar-refractivity contribution in [3.8, 4) is 11.6 Å². The highest BCUT2D eigenvalue weighted by Gasteiger charge is 2.11. The molecule has 0 aliphatic rings. The molecule has 2 rings (SSSR count). The zero-order valence-corrected chi connectivity index (χ0v) is 13.0. The highest BCUT2D eigenvalue weighted by atomic mass is 35.5. The van der Waals surface area contributed by atoms with E-state index < -0.39 is 0 Å². The number of aryl methyl sites for hydroxylation is 1. The van der Waals surface area contributed by atoms with Crippen molar-refractivity contribution in [3.63, 3.8) is 0 Å². The van der Waals surface area contributed by atoms with Crippen LogP contribution in [0.2, 0.25) is 5.15 Å². The molecule has 0 amide bonds. The van der Waals surface area contributed by atoms with Gasteiger partial charge in [0, 0.05) is 18.6 Å². The molecule has 0 atom stereocenters. The van der Waals surface area contributed by atoms with E-state index in [9.17, 15) is 0 Å². The van der Waals surface area contributed by atoms with Crippen molar-refractivity contribution in [3.05, 3.63) is 46.4 Å². The third-order valence-electron chi connectivity index (χ3n) is 3.10. The number of aliphatic hydroxyl groups is 1. The van der Waals surface area contributed by atoms with Gasteiger partial charge in [-0.1, -0.05) is 30.7 Å². The van der Waals surface area contributed by atoms with E-state index in [2.05, 4.69) is 16.9 Å². The summed E-state index contributed by atoms with van der Waals surface area (Å²) in [5.41, 5.74) is 1.80. The van der Waals surface area contributed by atoms with E-state index in [0.29, 0.717) is 29.0 Å². The molecule has 0 saturated heterocycles. The highest BCUT2D eigenvalue weighted by Crippen LogP contribution is 2.27. The minimum absolute atomic E-state index is 0.140. The fourth-order valence-corrected chi connectivity index (χ4v) is 2.09. The SMILES string of the molecule is CCCc1nc(Cl)c(C)c(Oc2ccc(CCO)cc2)n1. The monoisotopic (exact) mass is 306 g/mol. The predicted molar refractivity (Wildman–Crippen MR) is 83.1 cm³/mol. The first kappa shape index (κ1) is 15.7. The van der Waals surface area contributed by atoms with Crippen LogP contribution in [0.5, 0.6) is 11.6 Å². The second kappa shape index (κ2) is 7.38. The summed E-state index contributed by atoms with van der Waals surface area (Å²) in [4.78, 5) is 8.67. The molecule has 0 unspecified atom stereocenters. The van der Waals surface area contributed by atoms with Gasteiger partial charge >= 0.3 is 0 Å². The summed E-state index contributed by atoms with van der Waals surface area (Å²) >= 11 is 6.13. The van der Waals surface area contributed by atoms with Crippen LogP contribution in [0.25, 0.3) is 0 Å². The van der Waals surface area contributed by atoms with Crippen LogP contribution in [0.15, 0.2) is 24.3 Å². The second-order valence-electron chi connectivity index (χ2n) is 4.83.